The van der Waals surface area contributed by atoms with Crippen LogP contribution in [-0.4, -0.2) is 35.0 Å². The molecular weight excluding hydrogens is 306 g/mol. The van der Waals surface area contributed by atoms with Crippen molar-refractivity contribution in [3.8, 4) is 0 Å². The first-order valence-electron chi connectivity index (χ1n) is 6.84. The molecular formula is C15H14ClN3O3. The van der Waals surface area contributed by atoms with Crippen molar-refractivity contribution in [3.05, 3.63) is 52.4 Å². The lowest BCUT2D eigenvalue weighted by molar-refractivity contribution is -0.128. The number of carbonyl (C=O) groups is 2. The summed E-state index contributed by atoms with van der Waals surface area (Å²) in [4.78, 5) is 26.4. The Balaban J connectivity index is 1.99. The third kappa shape index (κ3) is 2.57. The van der Waals surface area contributed by atoms with Gasteiger partial charge in [-0.05, 0) is 13.0 Å². The zero-order valence-corrected chi connectivity index (χ0v) is 12.6. The Morgan fingerprint density at radius 1 is 1.45 bits per heavy atom. The van der Waals surface area contributed by atoms with E-state index in [-0.39, 0.29) is 17.6 Å². The summed E-state index contributed by atoms with van der Waals surface area (Å²) in [5.74, 6) is -0.520. The molecule has 1 atom stereocenters. The number of carbonyl (C=O) groups excluding carboxylic acids is 2. The average Bonchev–Trinajstić information content (AvgIpc) is 2.94. The number of aromatic nitrogens is 1. The van der Waals surface area contributed by atoms with Gasteiger partial charge in [0.1, 0.15) is 6.04 Å². The lowest BCUT2D eigenvalue weighted by Gasteiger charge is -2.34. The Kier molecular flexibility index (Phi) is 3.85. The molecule has 0 radical (unpaired) electrons. The molecule has 2 aromatic rings. The summed E-state index contributed by atoms with van der Waals surface area (Å²) in [6.07, 6.45) is 0. The van der Waals surface area contributed by atoms with E-state index in [1.165, 1.54) is 4.90 Å². The fourth-order valence-corrected chi connectivity index (χ4v) is 2.74. The largest absolute Gasteiger partial charge is 0.352 e. The number of hydrogen-bond donors (Lipinski definition) is 1. The van der Waals surface area contributed by atoms with Gasteiger partial charge < -0.3 is 14.7 Å². The standard InChI is InChI=1S/C15H14ClN3O3/c1-9-8-12(22-18-9)15(21)19-7-6-17-14(20)13(19)10-4-2-3-5-11(10)16/h2-5,8,13H,6-7H2,1H3,(H,17,20)/t13-/m0/s1. The van der Waals surface area contributed by atoms with E-state index in [0.717, 1.165) is 0 Å². The van der Waals surface area contributed by atoms with Crippen molar-refractivity contribution in [3.63, 3.8) is 0 Å². The van der Waals surface area contributed by atoms with Crippen LogP contribution in [0.1, 0.15) is 27.9 Å². The predicted molar refractivity (Wildman–Crippen MR) is 79.5 cm³/mol. The normalized spacial score (nSPS) is 18.2. The van der Waals surface area contributed by atoms with Crippen LogP contribution in [0, 0.1) is 6.92 Å². The predicted octanol–water partition coefficient (Wildman–Crippen LogP) is 1.95. The highest BCUT2D eigenvalue weighted by molar-refractivity contribution is 6.31. The van der Waals surface area contributed by atoms with Gasteiger partial charge in [-0.1, -0.05) is 35.0 Å². The maximum absolute atomic E-state index is 12.6. The highest BCUT2D eigenvalue weighted by atomic mass is 35.5. The number of hydrogen-bond acceptors (Lipinski definition) is 4. The molecule has 0 spiro atoms. The molecule has 2 heterocycles. The van der Waals surface area contributed by atoms with Crippen molar-refractivity contribution < 1.29 is 14.1 Å². The van der Waals surface area contributed by atoms with Crippen LogP contribution in [0.15, 0.2) is 34.9 Å². The van der Waals surface area contributed by atoms with Crippen LogP contribution in [0.4, 0.5) is 0 Å². The number of nitrogens with zero attached hydrogens (tertiary/aromatic N) is 2. The summed E-state index contributed by atoms with van der Waals surface area (Å²) in [6, 6.07) is 7.77. The minimum atomic E-state index is -0.777. The monoisotopic (exact) mass is 319 g/mol. The van der Waals surface area contributed by atoms with Crippen LogP contribution >= 0.6 is 11.6 Å². The third-order valence-electron chi connectivity index (χ3n) is 3.51. The smallest absolute Gasteiger partial charge is 0.293 e. The van der Waals surface area contributed by atoms with Crippen LogP contribution in [0.2, 0.25) is 5.02 Å². The number of aryl methyl sites for hydroxylation is 1. The van der Waals surface area contributed by atoms with Crippen LogP contribution < -0.4 is 5.32 Å². The lowest BCUT2D eigenvalue weighted by Crippen LogP contribution is -2.52. The summed E-state index contributed by atoms with van der Waals surface area (Å²) < 4.78 is 5.02. The molecule has 1 saturated heterocycles. The van der Waals surface area contributed by atoms with Crippen molar-refractivity contribution in [2.24, 2.45) is 0 Å². The maximum atomic E-state index is 12.6. The van der Waals surface area contributed by atoms with Crippen LogP contribution in [0.5, 0.6) is 0 Å². The number of rotatable bonds is 2. The maximum Gasteiger partial charge on any atom is 0.293 e. The van der Waals surface area contributed by atoms with Gasteiger partial charge in [-0.25, -0.2) is 0 Å². The Morgan fingerprint density at radius 3 is 2.91 bits per heavy atom. The molecule has 114 valence electrons. The molecule has 1 aliphatic rings. The minimum absolute atomic E-state index is 0.115. The SMILES string of the molecule is Cc1cc(C(=O)N2CCNC(=O)[C@@H]2c2ccccc2Cl)on1. The van der Waals surface area contributed by atoms with E-state index in [1.807, 2.05) is 0 Å². The van der Waals surface area contributed by atoms with E-state index >= 15 is 0 Å². The Hall–Kier alpha value is -2.34. The highest BCUT2D eigenvalue weighted by Gasteiger charge is 2.37. The molecule has 0 unspecified atom stereocenters. The fourth-order valence-electron chi connectivity index (χ4n) is 2.50. The topological polar surface area (TPSA) is 75.4 Å². The highest BCUT2D eigenvalue weighted by Crippen LogP contribution is 2.30. The molecule has 6 nitrogen and oxygen atoms in total. The van der Waals surface area contributed by atoms with Gasteiger partial charge in [-0.15, -0.1) is 0 Å². The average molecular weight is 320 g/mol. The van der Waals surface area contributed by atoms with E-state index in [4.69, 9.17) is 16.1 Å². The Morgan fingerprint density at radius 2 is 2.23 bits per heavy atom. The summed E-state index contributed by atoms with van der Waals surface area (Å²) in [5.41, 5.74) is 1.20. The van der Waals surface area contributed by atoms with Crippen LogP contribution in [0.25, 0.3) is 0 Å². The molecule has 1 fully saturated rings. The first-order valence-corrected chi connectivity index (χ1v) is 7.22. The van der Waals surface area contributed by atoms with Crippen molar-refractivity contribution in [2.75, 3.05) is 13.1 Å². The molecule has 1 aromatic heterocycles. The number of piperazine rings is 1. The van der Waals surface area contributed by atoms with E-state index in [1.54, 1.807) is 37.3 Å². The van der Waals surface area contributed by atoms with Crippen LogP contribution in [0.3, 0.4) is 0 Å². The van der Waals surface area contributed by atoms with E-state index in [9.17, 15) is 9.59 Å². The Labute approximate surface area is 132 Å². The molecule has 0 aliphatic carbocycles. The van der Waals surface area contributed by atoms with Crippen molar-refractivity contribution in [2.45, 2.75) is 13.0 Å². The molecule has 3 rings (SSSR count). The molecule has 1 aromatic carbocycles. The number of benzene rings is 1. The van der Waals surface area contributed by atoms with Gasteiger partial charge in [0.25, 0.3) is 5.91 Å². The van der Waals surface area contributed by atoms with Gasteiger partial charge in [0.15, 0.2) is 0 Å². The summed E-state index contributed by atoms with van der Waals surface area (Å²) in [5, 5.41) is 6.92. The second kappa shape index (κ2) is 5.81. The fraction of sp³-hybridized carbons (Fsp3) is 0.267. The van der Waals surface area contributed by atoms with Crippen molar-refractivity contribution in [1.82, 2.24) is 15.4 Å². The second-order valence-electron chi connectivity index (χ2n) is 5.05. The molecule has 2 amide bonds. The van der Waals surface area contributed by atoms with Crippen LogP contribution in [-0.2, 0) is 4.79 Å². The van der Waals surface area contributed by atoms with E-state index in [0.29, 0.717) is 29.4 Å². The van der Waals surface area contributed by atoms with Crippen molar-refractivity contribution >= 4 is 23.4 Å². The van der Waals surface area contributed by atoms with Crippen molar-refractivity contribution in [1.29, 1.82) is 0 Å². The molecule has 0 saturated carbocycles. The van der Waals surface area contributed by atoms with Gasteiger partial charge in [-0.2, -0.15) is 0 Å². The number of halogens is 1. The van der Waals surface area contributed by atoms with Gasteiger partial charge in [0, 0.05) is 29.7 Å². The summed E-state index contributed by atoms with van der Waals surface area (Å²) in [7, 11) is 0. The zero-order valence-electron chi connectivity index (χ0n) is 11.9. The Bertz CT molecular complexity index is 728. The van der Waals surface area contributed by atoms with Gasteiger partial charge in [0.2, 0.25) is 11.7 Å². The van der Waals surface area contributed by atoms with E-state index < -0.39 is 6.04 Å². The zero-order chi connectivity index (χ0) is 15.7. The van der Waals surface area contributed by atoms with Gasteiger partial charge in [-0.3, -0.25) is 9.59 Å². The molecule has 1 aliphatic heterocycles. The number of amides is 2. The first-order chi connectivity index (χ1) is 10.6. The lowest BCUT2D eigenvalue weighted by atomic mass is 10.0. The second-order valence-corrected chi connectivity index (χ2v) is 5.45. The summed E-state index contributed by atoms with van der Waals surface area (Å²) >= 11 is 6.19. The molecule has 22 heavy (non-hydrogen) atoms. The summed E-state index contributed by atoms with van der Waals surface area (Å²) in [6.45, 7) is 2.49. The van der Waals surface area contributed by atoms with Gasteiger partial charge >= 0.3 is 0 Å². The first kappa shape index (κ1) is 14.6. The van der Waals surface area contributed by atoms with E-state index in [2.05, 4.69) is 10.5 Å². The third-order valence-corrected chi connectivity index (χ3v) is 3.86. The number of nitrogens with one attached hydrogen (secondary N) is 1. The molecule has 7 heteroatoms. The minimum Gasteiger partial charge on any atom is -0.352 e. The van der Waals surface area contributed by atoms with Gasteiger partial charge in [0.05, 0.1) is 5.69 Å². The molecule has 1 N–H and O–H groups in total. The molecule has 0 bridgehead atoms. The quantitative estimate of drug-likeness (QED) is 0.918.